The Bertz CT molecular complexity index is 365. The summed E-state index contributed by atoms with van der Waals surface area (Å²) in [5, 5.41) is 0. The molecule has 1 heterocycles. The van der Waals surface area contributed by atoms with Crippen LogP contribution in [0.2, 0.25) is 0 Å². The van der Waals surface area contributed by atoms with Crippen LogP contribution in [-0.4, -0.2) is 10.8 Å². The lowest BCUT2D eigenvalue weighted by Gasteiger charge is -1.92. The van der Waals surface area contributed by atoms with Crippen LogP contribution in [0.3, 0.4) is 0 Å². The number of aromatic nitrogens is 1. The van der Waals surface area contributed by atoms with Crippen LogP contribution in [0.15, 0.2) is 16.9 Å². The van der Waals surface area contributed by atoms with Gasteiger partial charge in [0.25, 0.3) is 0 Å². The first-order valence-electron chi connectivity index (χ1n) is 3.53. The summed E-state index contributed by atoms with van der Waals surface area (Å²) in [7, 11) is 0. The zero-order valence-corrected chi connectivity index (χ0v) is 5.89. The molecule has 0 aromatic carbocycles. The Morgan fingerprint density at radius 3 is 2.82 bits per heavy atom. The number of Topliss-reactive ketones (excluding diaryl/α,β-unsaturated/α-hetero) is 1. The van der Waals surface area contributed by atoms with Crippen molar-refractivity contribution < 1.29 is 4.79 Å². The summed E-state index contributed by atoms with van der Waals surface area (Å²) in [5.41, 5.74) is 1.35. The van der Waals surface area contributed by atoms with Gasteiger partial charge in [0.2, 0.25) is 5.56 Å². The van der Waals surface area contributed by atoms with Gasteiger partial charge in [-0.25, -0.2) is 0 Å². The third-order valence-corrected chi connectivity index (χ3v) is 1.90. The van der Waals surface area contributed by atoms with Crippen molar-refractivity contribution >= 4 is 5.78 Å². The van der Waals surface area contributed by atoms with Gasteiger partial charge in [0.05, 0.1) is 0 Å². The highest BCUT2D eigenvalue weighted by molar-refractivity contribution is 5.99. The molecule has 0 aliphatic heterocycles. The molecule has 0 unspecified atom stereocenters. The van der Waals surface area contributed by atoms with E-state index < -0.39 is 0 Å². The van der Waals surface area contributed by atoms with Gasteiger partial charge in [-0.05, 0) is 12.5 Å². The predicted octanol–water partition coefficient (Wildman–Crippen LogP) is 0.504. The lowest BCUT2D eigenvalue weighted by molar-refractivity contribution is 0.0994. The molecular formula is C8H7NO2. The van der Waals surface area contributed by atoms with E-state index in [1.165, 1.54) is 6.07 Å². The monoisotopic (exact) mass is 149 g/mol. The second kappa shape index (κ2) is 2.05. The van der Waals surface area contributed by atoms with Crippen molar-refractivity contribution in [3.05, 3.63) is 33.7 Å². The minimum Gasteiger partial charge on any atom is -0.325 e. The van der Waals surface area contributed by atoms with Crippen molar-refractivity contribution in [2.75, 3.05) is 0 Å². The Morgan fingerprint density at radius 2 is 2.00 bits per heavy atom. The second-order valence-electron chi connectivity index (χ2n) is 2.64. The Morgan fingerprint density at radius 1 is 1.18 bits per heavy atom. The minimum atomic E-state index is -0.126. The lowest BCUT2D eigenvalue weighted by Crippen LogP contribution is -2.07. The van der Waals surface area contributed by atoms with Gasteiger partial charge >= 0.3 is 0 Å². The molecule has 0 radical (unpaired) electrons. The standard InChI is InChI=1S/C8H7NO2/c10-7-3-2-6-5(7)1-4-8(11)9-6/h1,4H,2-3H2,(H,9,11). The number of pyridine rings is 1. The summed E-state index contributed by atoms with van der Waals surface area (Å²) in [6.45, 7) is 0. The summed E-state index contributed by atoms with van der Waals surface area (Å²) in [6.07, 6.45) is 1.22. The third kappa shape index (κ3) is 0.888. The molecule has 1 aromatic rings. The zero-order chi connectivity index (χ0) is 7.84. The summed E-state index contributed by atoms with van der Waals surface area (Å²) >= 11 is 0. The number of aromatic amines is 1. The number of fused-ring (bicyclic) bond motifs is 1. The van der Waals surface area contributed by atoms with Gasteiger partial charge in [-0.15, -0.1) is 0 Å². The normalized spacial score (nSPS) is 15.1. The number of nitrogens with one attached hydrogen (secondary N) is 1. The van der Waals surface area contributed by atoms with Gasteiger partial charge < -0.3 is 4.98 Å². The van der Waals surface area contributed by atoms with Crippen LogP contribution in [0.4, 0.5) is 0 Å². The zero-order valence-electron chi connectivity index (χ0n) is 5.89. The molecule has 1 aliphatic carbocycles. The summed E-state index contributed by atoms with van der Waals surface area (Å²) < 4.78 is 0. The molecule has 0 saturated carbocycles. The smallest absolute Gasteiger partial charge is 0.248 e. The molecule has 1 aliphatic rings. The Balaban J connectivity index is 2.68. The number of carbonyl (C=O) groups is 1. The van der Waals surface area contributed by atoms with E-state index in [2.05, 4.69) is 4.98 Å². The number of carbonyl (C=O) groups excluding carboxylic acids is 1. The highest BCUT2D eigenvalue weighted by Gasteiger charge is 2.18. The summed E-state index contributed by atoms with van der Waals surface area (Å²) in [6, 6.07) is 2.99. The van der Waals surface area contributed by atoms with E-state index in [1.54, 1.807) is 6.07 Å². The average molecular weight is 149 g/mol. The van der Waals surface area contributed by atoms with E-state index in [9.17, 15) is 9.59 Å². The van der Waals surface area contributed by atoms with Gasteiger partial charge in [-0.2, -0.15) is 0 Å². The first-order chi connectivity index (χ1) is 5.27. The first kappa shape index (κ1) is 6.34. The third-order valence-electron chi connectivity index (χ3n) is 1.90. The van der Waals surface area contributed by atoms with Crippen LogP contribution in [-0.2, 0) is 6.42 Å². The largest absolute Gasteiger partial charge is 0.325 e. The molecule has 0 atom stereocenters. The number of aryl methyl sites for hydroxylation is 1. The molecule has 0 bridgehead atoms. The van der Waals surface area contributed by atoms with E-state index in [0.29, 0.717) is 18.4 Å². The topological polar surface area (TPSA) is 49.9 Å². The van der Waals surface area contributed by atoms with Crippen molar-refractivity contribution in [2.24, 2.45) is 0 Å². The van der Waals surface area contributed by atoms with Crippen molar-refractivity contribution in [2.45, 2.75) is 12.8 Å². The molecule has 0 fully saturated rings. The van der Waals surface area contributed by atoms with Crippen LogP contribution in [0.25, 0.3) is 0 Å². The van der Waals surface area contributed by atoms with Crippen LogP contribution in [0.5, 0.6) is 0 Å². The maximum atomic E-state index is 11.1. The van der Waals surface area contributed by atoms with Crippen molar-refractivity contribution in [3.63, 3.8) is 0 Å². The van der Waals surface area contributed by atoms with E-state index in [0.717, 1.165) is 5.69 Å². The number of hydrogen-bond donors (Lipinski definition) is 1. The molecule has 56 valence electrons. The second-order valence-corrected chi connectivity index (χ2v) is 2.64. The lowest BCUT2D eigenvalue weighted by atomic mass is 10.2. The van der Waals surface area contributed by atoms with Crippen LogP contribution < -0.4 is 5.56 Å². The number of H-pyrrole nitrogens is 1. The molecule has 2 rings (SSSR count). The van der Waals surface area contributed by atoms with Crippen molar-refractivity contribution in [1.82, 2.24) is 4.98 Å². The Hall–Kier alpha value is -1.38. The number of ketones is 1. The van der Waals surface area contributed by atoms with E-state index >= 15 is 0 Å². The molecular weight excluding hydrogens is 142 g/mol. The first-order valence-corrected chi connectivity index (χ1v) is 3.53. The van der Waals surface area contributed by atoms with Crippen molar-refractivity contribution in [1.29, 1.82) is 0 Å². The van der Waals surface area contributed by atoms with Gasteiger partial charge in [-0.3, -0.25) is 9.59 Å². The van der Waals surface area contributed by atoms with E-state index in [1.807, 2.05) is 0 Å². The number of hydrogen-bond acceptors (Lipinski definition) is 2. The van der Waals surface area contributed by atoms with Crippen LogP contribution >= 0.6 is 0 Å². The van der Waals surface area contributed by atoms with Crippen LogP contribution in [0.1, 0.15) is 22.5 Å². The molecule has 0 amide bonds. The van der Waals surface area contributed by atoms with Crippen LogP contribution in [0, 0.1) is 0 Å². The van der Waals surface area contributed by atoms with Crippen molar-refractivity contribution in [3.8, 4) is 0 Å². The highest BCUT2D eigenvalue weighted by atomic mass is 16.1. The molecule has 11 heavy (non-hydrogen) atoms. The Labute approximate surface area is 63.1 Å². The maximum Gasteiger partial charge on any atom is 0.248 e. The Kier molecular flexibility index (Phi) is 1.18. The molecule has 3 nitrogen and oxygen atoms in total. The highest BCUT2D eigenvalue weighted by Crippen LogP contribution is 2.16. The molecule has 0 spiro atoms. The predicted molar refractivity (Wildman–Crippen MR) is 39.7 cm³/mol. The fourth-order valence-corrected chi connectivity index (χ4v) is 1.35. The fourth-order valence-electron chi connectivity index (χ4n) is 1.35. The maximum absolute atomic E-state index is 11.1. The summed E-state index contributed by atoms with van der Waals surface area (Å²) in [5.74, 6) is 0.135. The van der Waals surface area contributed by atoms with Gasteiger partial charge in [-0.1, -0.05) is 0 Å². The summed E-state index contributed by atoms with van der Waals surface area (Å²) in [4.78, 5) is 24.5. The SMILES string of the molecule is O=C1CCc2[nH]c(=O)ccc21. The minimum absolute atomic E-state index is 0.126. The van der Waals surface area contributed by atoms with E-state index in [4.69, 9.17) is 0 Å². The van der Waals surface area contributed by atoms with Gasteiger partial charge in [0.15, 0.2) is 5.78 Å². The molecule has 0 saturated heterocycles. The quantitative estimate of drug-likeness (QED) is 0.584. The molecule has 1 N–H and O–H groups in total. The van der Waals surface area contributed by atoms with E-state index in [-0.39, 0.29) is 11.3 Å². The molecule has 3 heteroatoms. The average Bonchev–Trinajstić information content (AvgIpc) is 2.32. The molecule has 1 aromatic heterocycles. The fraction of sp³-hybridized carbons (Fsp3) is 0.250. The van der Waals surface area contributed by atoms with Gasteiger partial charge in [0.1, 0.15) is 0 Å². The number of rotatable bonds is 0. The van der Waals surface area contributed by atoms with Gasteiger partial charge in [0, 0.05) is 23.7 Å².